The first kappa shape index (κ1) is 18.1. The van der Waals surface area contributed by atoms with Crippen LogP contribution in [-0.2, 0) is 16.5 Å². The number of hydrogen-bond donors (Lipinski definition) is 1. The fraction of sp³-hybridized carbons (Fsp3) is 0.286. The van der Waals surface area contributed by atoms with E-state index in [4.69, 9.17) is 9.47 Å². The number of carbonyl (C=O) groups is 3. The molecular weight excluding hydrogens is 402 g/mol. The van der Waals surface area contributed by atoms with Crippen LogP contribution >= 0.6 is 27.3 Å². The van der Waals surface area contributed by atoms with E-state index in [2.05, 4.69) is 26.3 Å². The standard InChI is InChI=1S/C14H14BrN3O5S/c1-6-8(13(20)22-3)12(24-10(6)14(21)23-4)16-11(19)9-7(15)5-18(2)17-9/h5H,1-4H3,(H,16,19). The average Bonchev–Trinajstić information content (AvgIpc) is 3.05. The van der Waals surface area contributed by atoms with Gasteiger partial charge in [0.15, 0.2) is 5.69 Å². The molecule has 128 valence electrons. The van der Waals surface area contributed by atoms with Crippen LogP contribution in [0.3, 0.4) is 0 Å². The van der Waals surface area contributed by atoms with E-state index in [1.165, 1.54) is 18.9 Å². The summed E-state index contributed by atoms with van der Waals surface area (Å²) in [5.41, 5.74) is 0.649. The zero-order valence-corrected chi connectivity index (χ0v) is 15.7. The van der Waals surface area contributed by atoms with Crippen molar-refractivity contribution in [3.8, 4) is 0 Å². The topological polar surface area (TPSA) is 99.5 Å². The molecule has 0 aromatic carbocycles. The molecule has 0 atom stereocenters. The molecule has 0 saturated heterocycles. The van der Waals surface area contributed by atoms with Crippen molar-refractivity contribution < 1.29 is 23.9 Å². The van der Waals surface area contributed by atoms with Crippen LogP contribution in [0.5, 0.6) is 0 Å². The predicted molar refractivity (Wildman–Crippen MR) is 90.6 cm³/mol. The summed E-state index contributed by atoms with van der Waals surface area (Å²) in [6.45, 7) is 1.58. The molecule has 1 amide bonds. The number of thiophene rings is 1. The summed E-state index contributed by atoms with van der Waals surface area (Å²) in [7, 11) is 4.13. The molecule has 10 heteroatoms. The molecule has 2 aromatic heterocycles. The zero-order valence-electron chi connectivity index (χ0n) is 13.3. The molecule has 0 aliphatic heterocycles. The third-order valence-corrected chi connectivity index (χ3v) is 4.90. The highest BCUT2D eigenvalue weighted by atomic mass is 79.9. The van der Waals surface area contributed by atoms with Crippen LogP contribution in [0.1, 0.15) is 36.1 Å². The number of halogens is 1. The van der Waals surface area contributed by atoms with E-state index in [0.29, 0.717) is 10.0 Å². The fourth-order valence-electron chi connectivity index (χ4n) is 2.01. The largest absolute Gasteiger partial charge is 0.465 e. The maximum Gasteiger partial charge on any atom is 0.348 e. The Labute approximate surface area is 149 Å². The molecule has 0 unspecified atom stereocenters. The van der Waals surface area contributed by atoms with Crippen LogP contribution in [0.2, 0.25) is 0 Å². The molecule has 2 aromatic rings. The van der Waals surface area contributed by atoms with E-state index < -0.39 is 17.8 Å². The number of nitrogens with zero attached hydrogens (tertiary/aromatic N) is 2. The van der Waals surface area contributed by atoms with Gasteiger partial charge < -0.3 is 14.8 Å². The number of rotatable bonds is 4. The summed E-state index contributed by atoms with van der Waals surface area (Å²) in [6.07, 6.45) is 1.62. The van der Waals surface area contributed by atoms with Crippen molar-refractivity contribution in [1.29, 1.82) is 0 Å². The highest BCUT2D eigenvalue weighted by molar-refractivity contribution is 9.10. The average molecular weight is 416 g/mol. The quantitative estimate of drug-likeness (QED) is 0.769. The Morgan fingerprint density at radius 3 is 2.38 bits per heavy atom. The van der Waals surface area contributed by atoms with E-state index in [9.17, 15) is 14.4 Å². The normalized spacial score (nSPS) is 10.4. The summed E-state index contributed by atoms with van der Waals surface area (Å²) < 4.78 is 11.4. The first-order chi connectivity index (χ1) is 11.3. The third-order valence-electron chi connectivity index (χ3n) is 3.13. The van der Waals surface area contributed by atoms with Crippen LogP contribution in [0.25, 0.3) is 0 Å². The highest BCUT2D eigenvalue weighted by Crippen LogP contribution is 2.34. The van der Waals surface area contributed by atoms with Crippen LogP contribution in [0.15, 0.2) is 10.7 Å². The van der Waals surface area contributed by atoms with E-state index >= 15 is 0 Å². The molecule has 0 aliphatic carbocycles. The van der Waals surface area contributed by atoms with Gasteiger partial charge in [-0.1, -0.05) is 0 Å². The third kappa shape index (κ3) is 3.34. The van der Waals surface area contributed by atoms with Crippen LogP contribution in [-0.4, -0.2) is 41.8 Å². The van der Waals surface area contributed by atoms with Crippen molar-refractivity contribution >= 4 is 50.1 Å². The molecule has 0 fully saturated rings. The number of nitrogens with one attached hydrogen (secondary N) is 1. The highest BCUT2D eigenvalue weighted by Gasteiger charge is 2.27. The minimum atomic E-state index is -0.658. The van der Waals surface area contributed by atoms with Gasteiger partial charge in [0.25, 0.3) is 5.91 Å². The number of carbonyl (C=O) groups excluding carboxylic acids is 3. The molecule has 2 heterocycles. The summed E-state index contributed by atoms with van der Waals surface area (Å²) in [5.74, 6) is -1.78. The van der Waals surface area contributed by atoms with Gasteiger partial charge in [-0.2, -0.15) is 5.10 Å². The molecule has 1 N–H and O–H groups in total. The number of aryl methyl sites for hydroxylation is 1. The second kappa shape index (κ2) is 7.14. The first-order valence-electron chi connectivity index (χ1n) is 6.60. The molecule has 0 aliphatic rings. The minimum absolute atomic E-state index is 0.114. The molecule has 0 bridgehead atoms. The molecular formula is C14H14BrN3O5S. The smallest absolute Gasteiger partial charge is 0.348 e. The molecule has 0 radical (unpaired) electrons. The Hall–Kier alpha value is -2.20. The second-order valence-electron chi connectivity index (χ2n) is 4.70. The molecule has 0 spiro atoms. The summed E-state index contributed by atoms with van der Waals surface area (Å²) in [6, 6.07) is 0. The van der Waals surface area contributed by atoms with Gasteiger partial charge in [0.1, 0.15) is 9.88 Å². The minimum Gasteiger partial charge on any atom is -0.465 e. The van der Waals surface area contributed by atoms with Crippen LogP contribution in [0, 0.1) is 6.92 Å². The van der Waals surface area contributed by atoms with Gasteiger partial charge in [-0.15, -0.1) is 11.3 Å². The number of ether oxygens (including phenoxy) is 2. The summed E-state index contributed by atoms with van der Waals surface area (Å²) in [4.78, 5) is 36.5. The van der Waals surface area contributed by atoms with Gasteiger partial charge in [-0.3, -0.25) is 9.48 Å². The number of aromatic nitrogens is 2. The lowest BCUT2D eigenvalue weighted by Crippen LogP contribution is -2.15. The lowest BCUT2D eigenvalue weighted by molar-refractivity contribution is 0.0601. The SMILES string of the molecule is COC(=O)c1sc(NC(=O)c2nn(C)cc2Br)c(C(=O)OC)c1C. The van der Waals surface area contributed by atoms with Crippen molar-refractivity contribution in [2.24, 2.45) is 7.05 Å². The van der Waals surface area contributed by atoms with Gasteiger partial charge in [0.05, 0.1) is 24.3 Å². The van der Waals surface area contributed by atoms with E-state index in [0.717, 1.165) is 11.3 Å². The Morgan fingerprint density at radius 1 is 1.25 bits per heavy atom. The molecule has 24 heavy (non-hydrogen) atoms. The number of methoxy groups -OCH3 is 2. The van der Waals surface area contributed by atoms with Crippen molar-refractivity contribution in [3.05, 3.63) is 32.4 Å². The van der Waals surface area contributed by atoms with Crippen molar-refractivity contribution in [1.82, 2.24) is 9.78 Å². The maximum absolute atomic E-state index is 12.4. The fourth-order valence-corrected chi connectivity index (χ4v) is 3.68. The van der Waals surface area contributed by atoms with E-state index in [1.807, 2.05) is 0 Å². The Bertz CT molecular complexity index is 827. The lowest BCUT2D eigenvalue weighted by atomic mass is 10.1. The Balaban J connectivity index is 2.45. The van der Waals surface area contributed by atoms with Gasteiger partial charge in [-0.05, 0) is 28.4 Å². The molecule has 0 saturated carbocycles. The van der Waals surface area contributed by atoms with Gasteiger partial charge >= 0.3 is 11.9 Å². The van der Waals surface area contributed by atoms with Crippen molar-refractivity contribution in [2.45, 2.75) is 6.92 Å². The first-order valence-corrected chi connectivity index (χ1v) is 8.21. The zero-order chi connectivity index (χ0) is 18.0. The number of esters is 2. The van der Waals surface area contributed by atoms with Crippen LogP contribution in [0.4, 0.5) is 5.00 Å². The van der Waals surface area contributed by atoms with Crippen LogP contribution < -0.4 is 5.32 Å². The second-order valence-corrected chi connectivity index (χ2v) is 6.57. The molecule has 2 rings (SSSR count). The maximum atomic E-state index is 12.4. The summed E-state index contributed by atoms with van der Waals surface area (Å²) in [5, 5.41) is 6.83. The predicted octanol–water partition coefficient (Wildman–Crippen LogP) is 2.38. The van der Waals surface area contributed by atoms with Gasteiger partial charge in [0, 0.05) is 13.2 Å². The van der Waals surface area contributed by atoms with Gasteiger partial charge in [-0.25, -0.2) is 9.59 Å². The Kier molecular flexibility index (Phi) is 5.40. The van der Waals surface area contributed by atoms with Gasteiger partial charge in [0.2, 0.25) is 0 Å². The van der Waals surface area contributed by atoms with E-state index in [-0.39, 0.29) is 21.1 Å². The number of anilines is 1. The van der Waals surface area contributed by atoms with Crippen molar-refractivity contribution in [2.75, 3.05) is 19.5 Å². The van der Waals surface area contributed by atoms with Crippen molar-refractivity contribution in [3.63, 3.8) is 0 Å². The Morgan fingerprint density at radius 2 is 1.88 bits per heavy atom. The lowest BCUT2D eigenvalue weighted by Gasteiger charge is -2.05. The number of amides is 1. The van der Waals surface area contributed by atoms with E-state index in [1.54, 1.807) is 20.2 Å². The summed E-state index contributed by atoms with van der Waals surface area (Å²) >= 11 is 4.18. The monoisotopic (exact) mass is 415 g/mol. The number of hydrogen-bond acceptors (Lipinski definition) is 7. The molecule has 8 nitrogen and oxygen atoms in total.